The van der Waals surface area contributed by atoms with Crippen LogP contribution in [0.15, 0.2) is 48.5 Å². The number of benzene rings is 2. The van der Waals surface area contributed by atoms with Crippen molar-refractivity contribution in [2.24, 2.45) is 11.8 Å². The summed E-state index contributed by atoms with van der Waals surface area (Å²) in [4.78, 5) is 31.7. The number of nitrogens with zero attached hydrogens (tertiary/aromatic N) is 2. The largest absolute Gasteiger partial charge is 0.487 e. The van der Waals surface area contributed by atoms with Crippen LogP contribution in [0.2, 0.25) is 0 Å². The molecule has 5 atom stereocenters. The van der Waals surface area contributed by atoms with Gasteiger partial charge in [0.2, 0.25) is 5.91 Å². The molecular formula is C36H44N2O4. The normalized spacial score (nSPS) is 31.1. The number of piperidine rings is 1. The molecule has 6 heteroatoms. The highest BCUT2D eigenvalue weighted by atomic mass is 16.6. The highest BCUT2D eigenvalue weighted by molar-refractivity contribution is 5.92. The van der Waals surface area contributed by atoms with Crippen LogP contribution >= 0.6 is 0 Å². The number of esters is 1. The van der Waals surface area contributed by atoms with Gasteiger partial charge in [0.1, 0.15) is 17.5 Å². The monoisotopic (exact) mass is 568 g/mol. The summed E-state index contributed by atoms with van der Waals surface area (Å²) in [6.45, 7) is 10.7. The second-order valence-corrected chi connectivity index (χ2v) is 13.9. The van der Waals surface area contributed by atoms with Crippen LogP contribution in [-0.4, -0.2) is 65.1 Å². The quantitative estimate of drug-likeness (QED) is 0.302. The molecule has 1 saturated heterocycles. The van der Waals surface area contributed by atoms with Crippen LogP contribution in [0.3, 0.4) is 0 Å². The Labute approximate surface area is 250 Å². The standard InChI is InChI=1S/C36H44N2O4/c1-23(2)21-38(32(40)14-13-26-8-5-7-24(3)19-26)29-15-16-36(42-25(4)39)31-20-28-9-6-10-30-33(28)35(36,34(29)41-30)17-18-37(31)22-27-11-12-27/h5-10,13-14,19,23,27,29,31,34H,11-12,15-18,20-22H2,1-4H3/t29-,31+,34-,35-,36+/m0/s1. The van der Waals surface area contributed by atoms with Gasteiger partial charge in [-0.1, -0.05) is 55.8 Å². The number of aryl methyl sites for hydroxylation is 1. The van der Waals surface area contributed by atoms with Gasteiger partial charge in [0.25, 0.3) is 0 Å². The van der Waals surface area contributed by atoms with E-state index in [0.717, 1.165) is 56.0 Å². The first-order chi connectivity index (χ1) is 20.2. The van der Waals surface area contributed by atoms with E-state index in [-0.39, 0.29) is 30.1 Å². The van der Waals surface area contributed by atoms with Crippen molar-refractivity contribution in [1.82, 2.24) is 9.80 Å². The van der Waals surface area contributed by atoms with Crippen LogP contribution in [0, 0.1) is 18.8 Å². The minimum absolute atomic E-state index is 0.0184. The average molecular weight is 569 g/mol. The fourth-order valence-corrected chi connectivity index (χ4v) is 9.00. The molecule has 1 amide bonds. The second-order valence-electron chi connectivity index (χ2n) is 13.9. The summed E-state index contributed by atoms with van der Waals surface area (Å²) in [6, 6.07) is 14.7. The summed E-state index contributed by atoms with van der Waals surface area (Å²) in [5.74, 6) is 1.78. The molecule has 0 radical (unpaired) electrons. The van der Waals surface area contributed by atoms with E-state index in [1.807, 2.05) is 18.2 Å². The summed E-state index contributed by atoms with van der Waals surface area (Å²) in [5, 5.41) is 0. The Hall–Kier alpha value is -3.12. The Morgan fingerprint density at radius 1 is 1.14 bits per heavy atom. The Morgan fingerprint density at radius 2 is 1.95 bits per heavy atom. The van der Waals surface area contributed by atoms with E-state index in [1.165, 1.54) is 29.5 Å². The van der Waals surface area contributed by atoms with Crippen molar-refractivity contribution in [3.8, 4) is 5.75 Å². The summed E-state index contributed by atoms with van der Waals surface area (Å²) < 4.78 is 13.6. The van der Waals surface area contributed by atoms with Crippen molar-refractivity contribution in [2.45, 2.75) is 95.4 Å². The van der Waals surface area contributed by atoms with Crippen molar-refractivity contribution in [3.63, 3.8) is 0 Å². The molecule has 3 fully saturated rings. The maximum absolute atomic E-state index is 14.1. The van der Waals surface area contributed by atoms with Gasteiger partial charge in [0.15, 0.2) is 0 Å². The number of ether oxygens (including phenoxy) is 2. The van der Waals surface area contributed by atoms with Gasteiger partial charge in [-0.15, -0.1) is 0 Å². The zero-order valence-electron chi connectivity index (χ0n) is 25.5. The maximum Gasteiger partial charge on any atom is 0.303 e. The first-order valence-electron chi connectivity index (χ1n) is 16.0. The zero-order valence-corrected chi connectivity index (χ0v) is 25.5. The molecule has 7 rings (SSSR count). The molecule has 2 aromatic rings. The number of hydrogen-bond acceptors (Lipinski definition) is 5. The zero-order chi connectivity index (χ0) is 29.2. The van der Waals surface area contributed by atoms with Crippen molar-refractivity contribution in [2.75, 3.05) is 19.6 Å². The molecule has 222 valence electrons. The number of carbonyl (C=O) groups excluding carboxylic acids is 2. The molecule has 0 aromatic heterocycles. The lowest BCUT2D eigenvalue weighted by atomic mass is 9.48. The number of rotatable bonds is 8. The Morgan fingerprint density at radius 3 is 2.69 bits per heavy atom. The van der Waals surface area contributed by atoms with E-state index >= 15 is 0 Å². The first kappa shape index (κ1) is 27.7. The SMILES string of the molecule is CC(=O)O[C@@]12CC[C@H](N(CC(C)C)C(=O)C=Cc3cccc(C)c3)[C@@H]3Oc4cccc5c4[C@@]31CCN(CC1CC1)[C@@H]2C5. The minimum atomic E-state index is -0.656. The van der Waals surface area contributed by atoms with Crippen molar-refractivity contribution in [1.29, 1.82) is 0 Å². The average Bonchev–Trinajstić information content (AvgIpc) is 3.69. The molecule has 5 aliphatic rings. The molecule has 1 spiro atoms. The molecule has 0 N–H and O–H groups in total. The molecule has 42 heavy (non-hydrogen) atoms. The van der Waals surface area contributed by atoms with E-state index in [4.69, 9.17) is 9.47 Å². The Bertz CT molecular complexity index is 1430. The minimum Gasteiger partial charge on any atom is -0.487 e. The number of hydrogen-bond donors (Lipinski definition) is 0. The topological polar surface area (TPSA) is 59.1 Å². The summed E-state index contributed by atoms with van der Waals surface area (Å²) in [7, 11) is 0. The Kier molecular flexibility index (Phi) is 6.76. The fourth-order valence-electron chi connectivity index (χ4n) is 9.00. The van der Waals surface area contributed by atoms with Crippen molar-refractivity contribution in [3.05, 3.63) is 70.8 Å². The third-order valence-corrected chi connectivity index (χ3v) is 10.6. The number of amides is 1. The molecular weight excluding hydrogens is 524 g/mol. The molecule has 0 unspecified atom stereocenters. The van der Waals surface area contributed by atoms with Gasteiger partial charge in [-0.2, -0.15) is 0 Å². The predicted molar refractivity (Wildman–Crippen MR) is 163 cm³/mol. The second kappa shape index (κ2) is 10.3. The lowest BCUT2D eigenvalue weighted by Gasteiger charge is -2.65. The van der Waals surface area contributed by atoms with E-state index in [2.05, 4.69) is 60.9 Å². The van der Waals surface area contributed by atoms with E-state index < -0.39 is 11.0 Å². The molecule has 2 aromatic carbocycles. The van der Waals surface area contributed by atoms with Gasteiger partial charge in [-0.3, -0.25) is 14.5 Å². The summed E-state index contributed by atoms with van der Waals surface area (Å²) in [5.41, 5.74) is 3.64. The first-order valence-corrected chi connectivity index (χ1v) is 16.0. The van der Waals surface area contributed by atoms with Gasteiger partial charge in [0, 0.05) is 31.7 Å². The van der Waals surface area contributed by atoms with Gasteiger partial charge in [-0.05, 0) is 87.1 Å². The predicted octanol–water partition coefficient (Wildman–Crippen LogP) is 5.70. The number of likely N-dealkylation sites (tertiary alicyclic amines) is 1. The van der Waals surface area contributed by atoms with E-state index in [0.29, 0.717) is 12.5 Å². The van der Waals surface area contributed by atoms with Gasteiger partial charge < -0.3 is 14.4 Å². The van der Waals surface area contributed by atoms with Crippen LogP contribution in [-0.2, 0) is 26.2 Å². The van der Waals surface area contributed by atoms with Crippen LogP contribution in [0.4, 0.5) is 0 Å². The summed E-state index contributed by atoms with van der Waals surface area (Å²) >= 11 is 0. The van der Waals surface area contributed by atoms with Gasteiger partial charge in [-0.25, -0.2) is 0 Å². The third kappa shape index (κ3) is 4.32. The molecule has 2 aliphatic heterocycles. The fraction of sp³-hybridized carbons (Fsp3) is 0.556. The molecule has 2 heterocycles. The van der Waals surface area contributed by atoms with Crippen molar-refractivity contribution >= 4 is 18.0 Å². The maximum atomic E-state index is 14.1. The van der Waals surface area contributed by atoms with Crippen LogP contribution in [0.5, 0.6) is 5.75 Å². The molecule has 3 aliphatic carbocycles. The highest BCUT2D eigenvalue weighted by Gasteiger charge is 2.75. The lowest BCUT2D eigenvalue weighted by Crippen LogP contribution is -2.79. The highest BCUT2D eigenvalue weighted by Crippen LogP contribution is 2.66. The molecule has 2 bridgehead atoms. The van der Waals surface area contributed by atoms with Gasteiger partial charge in [0.05, 0.1) is 17.5 Å². The Balaban J connectivity index is 1.31. The van der Waals surface area contributed by atoms with Crippen LogP contribution in [0.1, 0.15) is 75.1 Å². The molecule has 2 saturated carbocycles. The van der Waals surface area contributed by atoms with E-state index in [1.54, 1.807) is 13.0 Å². The van der Waals surface area contributed by atoms with Crippen molar-refractivity contribution < 1.29 is 19.1 Å². The lowest BCUT2D eigenvalue weighted by molar-refractivity contribution is -0.224. The third-order valence-electron chi connectivity index (χ3n) is 10.6. The van der Waals surface area contributed by atoms with Gasteiger partial charge >= 0.3 is 5.97 Å². The summed E-state index contributed by atoms with van der Waals surface area (Å²) in [6.07, 6.45) is 9.23. The number of carbonyl (C=O) groups is 2. The van der Waals surface area contributed by atoms with Crippen LogP contribution in [0.25, 0.3) is 6.08 Å². The smallest absolute Gasteiger partial charge is 0.303 e. The van der Waals surface area contributed by atoms with E-state index in [9.17, 15) is 9.59 Å². The van der Waals surface area contributed by atoms with Crippen LogP contribution < -0.4 is 4.74 Å². The molecule has 6 nitrogen and oxygen atoms in total.